The Morgan fingerprint density at radius 2 is 1.00 bits per heavy atom. The molecule has 0 saturated heterocycles. The summed E-state index contributed by atoms with van der Waals surface area (Å²) < 4.78 is 5.38. The van der Waals surface area contributed by atoms with Crippen molar-refractivity contribution in [1.29, 1.82) is 0 Å². The molecule has 0 saturated carbocycles. The van der Waals surface area contributed by atoms with Crippen LogP contribution in [0.2, 0.25) is 0 Å². The fraction of sp³-hybridized carbons (Fsp3) is 0.424. The SMILES string of the molecule is O=C(O)COC(CCCC(=O)CCC(CN1C(=O)C=CC1=O)N1C(=O)C=CC1=O)CNC(=O)CCC(CN1C(=O)C=CC1=O)N1C(=O)C=CC1=O. The summed E-state index contributed by atoms with van der Waals surface area (Å²) in [5.74, 6) is -7.15. The van der Waals surface area contributed by atoms with Crippen LogP contribution < -0.4 is 5.32 Å². The minimum atomic E-state index is -1.27. The van der Waals surface area contributed by atoms with E-state index in [9.17, 15) is 52.7 Å². The topological polar surface area (TPSA) is 242 Å². The Morgan fingerprint density at radius 1 is 0.588 bits per heavy atom. The Morgan fingerprint density at radius 3 is 1.43 bits per heavy atom. The van der Waals surface area contributed by atoms with Gasteiger partial charge in [0.15, 0.2) is 0 Å². The maximum Gasteiger partial charge on any atom is 0.329 e. The number of Topliss-reactive ketones (excluding diaryl/α,β-unsaturated/α-hetero) is 1. The van der Waals surface area contributed by atoms with Crippen LogP contribution in [0.4, 0.5) is 0 Å². The molecule has 18 nitrogen and oxygen atoms in total. The van der Waals surface area contributed by atoms with Gasteiger partial charge in [0.1, 0.15) is 12.4 Å². The van der Waals surface area contributed by atoms with Crippen molar-refractivity contribution in [1.82, 2.24) is 24.9 Å². The van der Waals surface area contributed by atoms with Crippen LogP contribution in [-0.4, -0.2) is 134 Å². The van der Waals surface area contributed by atoms with Crippen molar-refractivity contribution in [2.24, 2.45) is 0 Å². The molecule has 18 heteroatoms. The minimum Gasteiger partial charge on any atom is -0.480 e. The van der Waals surface area contributed by atoms with E-state index < -0.39 is 83.9 Å². The summed E-state index contributed by atoms with van der Waals surface area (Å²) in [5, 5.41) is 11.7. The van der Waals surface area contributed by atoms with Crippen molar-refractivity contribution in [3.8, 4) is 0 Å². The molecule has 0 aromatic heterocycles. The molecule has 3 unspecified atom stereocenters. The fourth-order valence-corrected chi connectivity index (χ4v) is 5.82. The van der Waals surface area contributed by atoms with Crippen molar-refractivity contribution in [3.05, 3.63) is 48.6 Å². The lowest BCUT2D eigenvalue weighted by molar-refractivity contribution is -0.145. The second-order valence-corrected chi connectivity index (χ2v) is 11.9. The predicted octanol–water partition coefficient (Wildman–Crippen LogP) is -1.69. The number of hydrogen-bond donors (Lipinski definition) is 2. The summed E-state index contributed by atoms with van der Waals surface area (Å²) in [7, 11) is 0. The van der Waals surface area contributed by atoms with E-state index in [0.29, 0.717) is 0 Å². The molecule has 9 amide bonds. The molecule has 4 aliphatic heterocycles. The summed E-state index contributed by atoms with van der Waals surface area (Å²) in [5.41, 5.74) is 0. The second-order valence-electron chi connectivity index (χ2n) is 11.9. The Kier molecular flexibility index (Phi) is 12.7. The van der Waals surface area contributed by atoms with Gasteiger partial charge >= 0.3 is 5.97 Å². The number of amides is 9. The molecule has 0 aliphatic carbocycles. The van der Waals surface area contributed by atoms with Gasteiger partial charge in [0.2, 0.25) is 5.91 Å². The van der Waals surface area contributed by atoms with Crippen LogP contribution in [-0.2, 0) is 57.5 Å². The first-order valence-corrected chi connectivity index (χ1v) is 16.0. The largest absolute Gasteiger partial charge is 0.480 e. The predicted molar refractivity (Wildman–Crippen MR) is 169 cm³/mol. The lowest BCUT2D eigenvalue weighted by Crippen LogP contribution is -2.49. The van der Waals surface area contributed by atoms with E-state index in [0.717, 1.165) is 68.2 Å². The van der Waals surface area contributed by atoms with Gasteiger partial charge in [-0.2, -0.15) is 0 Å². The third-order valence-corrected chi connectivity index (χ3v) is 8.42. The molecule has 0 radical (unpaired) electrons. The van der Waals surface area contributed by atoms with Gasteiger partial charge in [0, 0.05) is 74.4 Å². The monoisotopic (exact) mass is 709 g/mol. The van der Waals surface area contributed by atoms with E-state index in [1.807, 2.05) is 0 Å². The molecular weight excluding hydrogens is 674 g/mol. The van der Waals surface area contributed by atoms with E-state index in [4.69, 9.17) is 9.84 Å². The maximum absolute atomic E-state index is 12.8. The molecule has 51 heavy (non-hydrogen) atoms. The number of aliphatic carboxylic acids is 1. The number of carboxylic acid groups (broad SMARTS) is 1. The zero-order valence-electron chi connectivity index (χ0n) is 27.3. The fourth-order valence-electron chi connectivity index (χ4n) is 5.82. The maximum atomic E-state index is 12.8. The number of nitrogens with one attached hydrogen (secondary N) is 1. The van der Waals surface area contributed by atoms with Crippen LogP contribution >= 0.6 is 0 Å². The van der Waals surface area contributed by atoms with Gasteiger partial charge in [-0.05, 0) is 25.7 Å². The molecule has 2 N–H and O–H groups in total. The number of carboxylic acids is 1. The van der Waals surface area contributed by atoms with Crippen molar-refractivity contribution >= 4 is 64.9 Å². The number of hydrogen-bond acceptors (Lipinski definition) is 12. The third-order valence-electron chi connectivity index (χ3n) is 8.42. The molecule has 270 valence electrons. The number of ether oxygens (including phenoxy) is 1. The molecule has 0 fully saturated rings. The van der Waals surface area contributed by atoms with E-state index in [1.54, 1.807) is 0 Å². The van der Waals surface area contributed by atoms with Crippen molar-refractivity contribution in [2.45, 2.75) is 63.1 Å². The summed E-state index contributed by atoms with van der Waals surface area (Å²) in [6, 6.07) is -1.93. The van der Waals surface area contributed by atoms with Gasteiger partial charge in [-0.3, -0.25) is 67.5 Å². The normalized spacial score (nSPS) is 18.7. The van der Waals surface area contributed by atoms with Gasteiger partial charge in [-0.25, -0.2) is 4.79 Å². The first kappa shape index (κ1) is 37.9. The number of ketones is 1. The average Bonchev–Trinajstić information content (AvgIpc) is 3.80. The quantitative estimate of drug-likeness (QED) is 0.127. The second kappa shape index (κ2) is 17.1. The smallest absolute Gasteiger partial charge is 0.329 e. The summed E-state index contributed by atoms with van der Waals surface area (Å²) >= 11 is 0. The number of imide groups is 4. The minimum absolute atomic E-state index is 0.00667. The number of rotatable bonds is 21. The third kappa shape index (κ3) is 10.1. The van der Waals surface area contributed by atoms with Gasteiger partial charge in [-0.1, -0.05) is 0 Å². The molecule has 0 aromatic rings. The number of carbonyl (C=O) groups is 11. The van der Waals surface area contributed by atoms with Crippen molar-refractivity contribution in [3.63, 3.8) is 0 Å². The lowest BCUT2D eigenvalue weighted by atomic mass is 10.0. The summed E-state index contributed by atoms with van der Waals surface area (Å²) in [4.78, 5) is 138. The highest BCUT2D eigenvalue weighted by Crippen LogP contribution is 2.20. The summed E-state index contributed by atoms with van der Waals surface area (Å²) in [6.07, 6.45) is 7.48. The summed E-state index contributed by atoms with van der Waals surface area (Å²) in [6.45, 7) is -1.44. The highest BCUT2D eigenvalue weighted by Gasteiger charge is 2.37. The van der Waals surface area contributed by atoms with Crippen LogP contribution in [0.25, 0.3) is 0 Å². The van der Waals surface area contributed by atoms with Gasteiger partial charge < -0.3 is 15.2 Å². The highest BCUT2D eigenvalue weighted by atomic mass is 16.5. The number of carbonyl (C=O) groups excluding carboxylic acids is 10. The Hall–Kier alpha value is -5.91. The van der Waals surface area contributed by atoms with Crippen LogP contribution in [0.3, 0.4) is 0 Å². The van der Waals surface area contributed by atoms with Gasteiger partial charge in [0.05, 0.1) is 31.3 Å². The average molecular weight is 710 g/mol. The van der Waals surface area contributed by atoms with Crippen molar-refractivity contribution < 1.29 is 62.6 Å². The van der Waals surface area contributed by atoms with Crippen LogP contribution in [0, 0.1) is 0 Å². The Labute approximate surface area is 290 Å². The molecule has 0 bridgehead atoms. The first-order chi connectivity index (χ1) is 24.2. The van der Waals surface area contributed by atoms with Crippen LogP contribution in [0.5, 0.6) is 0 Å². The molecular formula is C33H35N5O13. The highest BCUT2D eigenvalue weighted by molar-refractivity contribution is 6.15. The first-order valence-electron chi connectivity index (χ1n) is 16.0. The Balaban J connectivity index is 1.26. The number of nitrogens with zero attached hydrogens (tertiary/aromatic N) is 4. The van der Waals surface area contributed by atoms with Crippen LogP contribution in [0.15, 0.2) is 48.6 Å². The van der Waals surface area contributed by atoms with Gasteiger partial charge in [-0.15, -0.1) is 0 Å². The molecule has 0 spiro atoms. The Bertz CT molecular complexity index is 1590. The van der Waals surface area contributed by atoms with E-state index in [-0.39, 0.29) is 70.4 Å². The zero-order chi connectivity index (χ0) is 37.2. The van der Waals surface area contributed by atoms with E-state index in [2.05, 4.69) is 5.32 Å². The molecule has 0 aromatic carbocycles. The standard InChI is InChI=1S/C33H35N5O13/c39-22(6-4-20(37-29(45)12-13-30(37)46)17-35-25(41)8-9-26(35)42)2-1-3-23(51-19-33(49)50)16-34-24(40)7-5-21(38-31(47)14-15-32(38)48)18-36-27(43)10-11-28(36)44/h8-15,20-21,23H,1-7,16-19H2,(H,34,40)(H,49,50). The van der Waals surface area contributed by atoms with Crippen LogP contribution in [0.1, 0.15) is 44.9 Å². The molecule has 4 heterocycles. The van der Waals surface area contributed by atoms with Crippen molar-refractivity contribution in [2.75, 3.05) is 26.2 Å². The molecule has 4 rings (SSSR count). The zero-order valence-corrected chi connectivity index (χ0v) is 27.3. The van der Waals surface area contributed by atoms with Gasteiger partial charge in [0.25, 0.3) is 47.3 Å². The lowest BCUT2D eigenvalue weighted by Gasteiger charge is -2.29. The molecule has 3 atom stereocenters. The molecule has 4 aliphatic rings. The van der Waals surface area contributed by atoms with E-state index in [1.165, 1.54) is 0 Å². The van der Waals surface area contributed by atoms with E-state index >= 15 is 0 Å².